The molecule has 1 fully saturated rings. The summed E-state index contributed by atoms with van der Waals surface area (Å²) < 4.78 is 0. The van der Waals surface area contributed by atoms with Gasteiger partial charge in [0.2, 0.25) is 0 Å². The number of piperidine rings is 1. The lowest BCUT2D eigenvalue weighted by Gasteiger charge is -2.36. The molecule has 14 heavy (non-hydrogen) atoms. The molecule has 0 saturated carbocycles. The second kappa shape index (κ2) is 6.03. The minimum atomic E-state index is 0.720. The van der Waals surface area contributed by atoms with Crippen molar-refractivity contribution >= 4 is 0 Å². The van der Waals surface area contributed by atoms with Gasteiger partial charge in [-0.15, -0.1) is 0 Å². The number of likely N-dealkylation sites (tertiary alicyclic amines) is 1. The third-order valence-corrected chi connectivity index (χ3v) is 3.23. The van der Waals surface area contributed by atoms with Gasteiger partial charge >= 0.3 is 0 Å². The summed E-state index contributed by atoms with van der Waals surface area (Å²) in [5.74, 6) is 0.863. The van der Waals surface area contributed by atoms with Crippen LogP contribution in [0, 0.1) is 17.2 Å². The zero-order chi connectivity index (χ0) is 10.4. The Kier molecular flexibility index (Phi) is 4.97. The molecule has 1 saturated heterocycles. The number of hydrogen-bond donors (Lipinski definition) is 0. The van der Waals surface area contributed by atoms with Gasteiger partial charge in [-0.2, -0.15) is 5.26 Å². The van der Waals surface area contributed by atoms with Gasteiger partial charge in [-0.25, -0.2) is 0 Å². The van der Waals surface area contributed by atoms with E-state index in [0.29, 0.717) is 0 Å². The second-order valence-corrected chi connectivity index (χ2v) is 4.64. The van der Waals surface area contributed by atoms with Crippen molar-refractivity contribution in [1.82, 2.24) is 4.90 Å². The van der Waals surface area contributed by atoms with Crippen LogP contribution in [-0.2, 0) is 0 Å². The molecule has 80 valence electrons. The highest BCUT2D eigenvalue weighted by Crippen LogP contribution is 2.21. The molecule has 1 rings (SSSR count). The maximum atomic E-state index is 8.43. The first-order valence-corrected chi connectivity index (χ1v) is 5.85. The van der Waals surface area contributed by atoms with Gasteiger partial charge in [0.15, 0.2) is 0 Å². The zero-order valence-corrected chi connectivity index (χ0v) is 9.50. The predicted octanol–water partition coefficient (Wildman–Crippen LogP) is 2.80. The Balaban J connectivity index is 2.18. The molecule has 2 heteroatoms. The summed E-state index contributed by atoms with van der Waals surface area (Å²) in [5.41, 5.74) is 0. The Morgan fingerprint density at radius 2 is 2.07 bits per heavy atom. The van der Waals surface area contributed by atoms with Crippen molar-refractivity contribution in [3.05, 3.63) is 0 Å². The zero-order valence-electron chi connectivity index (χ0n) is 9.50. The Morgan fingerprint density at radius 1 is 1.29 bits per heavy atom. The first-order chi connectivity index (χ1) is 6.74. The molecule has 1 aliphatic heterocycles. The molecule has 2 unspecified atom stereocenters. The summed E-state index contributed by atoms with van der Waals surface area (Å²) in [6.45, 7) is 7.12. The summed E-state index contributed by atoms with van der Waals surface area (Å²) in [6.07, 6.45) is 5.70. The van der Waals surface area contributed by atoms with Crippen molar-refractivity contribution in [2.75, 3.05) is 13.1 Å². The van der Waals surface area contributed by atoms with Gasteiger partial charge in [-0.05, 0) is 45.1 Å². The maximum absolute atomic E-state index is 8.43. The average molecular weight is 194 g/mol. The van der Waals surface area contributed by atoms with E-state index in [1.165, 1.54) is 32.4 Å². The highest BCUT2D eigenvalue weighted by molar-refractivity contribution is 4.77. The highest BCUT2D eigenvalue weighted by atomic mass is 15.2. The van der Waals surface area contributed by atoms with Crippen LogP contribution in [0.1, 0.15) is 46.0 Å². The van der Waals surface area contributed by atoms with E-state index < -0.39 is 0 Å². The summed E-state index contributed by atoms with van der Waals surface area (Å²) in [6, 6.07) is 2.96. The van der Waals surface area contributed by atoms with Crippen LogP contribution in [0.5, 0.6) is 0 Å². The van der Waals surface area contributed by atoms with Crippen molar-refractivity contribution in [2.24, 2.45) is 5.92 Å². The molecule has 0 amide bonds. The fourth-order valence-corrected chi connectivity index (χ4v) is 2.21. The highest BCUT2D eigenvalue weighted by Gasteiger charge is 2.21. The van der Waals surface area contributed by atoms with E-state index in [-0.39, 0.29) is 0 Å². The number of unbranched alkanes of at least 4 members (excludes halogenated alkanes) is 2. The van der Waals surface area contributed by atoms with Crippen LogP contribution in [0.2, 0.25) is 0 Å². The van der Waals surface area contributed by atoms with E-state index in [1.807, 2.05) is 0 Å². The van der Waals surface area contributed by atoms with Crippen molar-refractivity contribution in [2.45, 2.75) is 52.0 Å². The molecule has 2 atom stereocenters. The molecule has 0 N–H and O–H groups in total. The van der Waals surface area contributed by atoms with E-state index in [4.69, 9.17) is 5.26 Å². The van der Waals surface area contributed by atoms with Crippen LogP contribution in [0.15, 0.2) is 0 Å². The minimum Gasteiger partial charge on any atom is -0.300 e. The second-order valence-electron chi connectivity index (χ2n) is 4.64. The van der Waals surface area contributed by atoms with Gasteiger partial charge in [-0.1, -0.05) is 6.92 Å². The van der Waals surface area contributed by atoms with Gasteiger partial charge < -0.3 is 4.90 Å². The Morgan fingerprint density at radius 3 is 2.79 bits per heavy atom. The van der Waals surface area contributed by atoms with E-state index >= 15 is 0 Å². The molecule has 0 aromatic carbocycles. The van der Waals surface area contributed by atoms with E-state index in [0.717, 1.165) is 24.8 Å². The molecule has 1 heterocycles. The van der Waals surface area contributed by atoms with Crippen molar-refractivity contribution in [3.8, 4) is 6.07 Å². The van der Waals surface area contributed by atoms with Crippen LogP contribution in [0.4, 0.5) is 0 Å². The lowest BCUT2D eigenvalue weighted by molar-refractivity contribution is 0.123. The Labute approximate surface area is 87.9 Å². The van der Waals surface area contributed by atoms with Gasteiger partial charge in [0.1, 0.15) is 0 Å². The fraction of sp³-hybridized carbons (Fsp3) is 0.917. The third-order valence-electron chi connectivity index (χ3n) is 3.23. The van der Waals surface area contributed by atoms with E-state index in [9.17, 15) is 0 Å². The molecule has 0 aromatic rings. The average Bonchev–Trinajstić information content (AvgIpc) is 2.18. The predicted molar refractivity (Wildman–Crippen MR) is 58.9 cm³/mol. The molecular weight excluding hydrogens is 172 g/mol. The van der Waals surface area contributed by atoms with E-state index in [2.05, 4.69) is 24.8 Å². The first-order valence-electron chi connectivity index (χ1n) is 5.85. The lowest BCUT2D eigenvalue weighted by Crippen LogP contribution is -2.41. The number of nitriles is 1. The normalized spacial score (nSPS) is 28.6. The molecule has 0 radical (unpaired) electrons. The number of rotatable bonds is 4. The Bertz CT molecular complexity index is 195. The monoisotopic (exact) mass is 194 g/mol. The SMILES string of the molecule is CC1CCC(C)N(CCCCC#N)C1. The minimum absolute atomic E-state index is 0.720. The molecular formula is C12H22N2. The number of hydrogen-bond acceptors (Lipinski definition) is 2. The van der Waals surface area contributed by atoms with Gasteiger partial charge in [0.25, 0.3) is 0 Å². The van der Waals surface area contributed by atoms with Crippen LogP contribution in [-0.4, -0.2) is 24.0 Å². The maximum Gasteiger partial charge on any atom is 0.0621 e. The lowest BCUT2D eigenvalue weighted by atomic mass is 9.95. The molecule has 2 nitrogen and oxygen atoms in total. The third kappa shape index (κ3) is 3.67. The quantitative estimate of drug-likeness (QED) is 0.643. The van der Waals surface area contributed by atoms with Crippen molar-refractivity contribution in [1.29, 1.82) is 5.26 Å². The molecule has 1 aliphatic rings. The number of nitrogens with zero attached hydrogens (tertiary/aromatic N) is 2. The van der Waals surface area contributed by atoms with Crippen LogP contribution in [0.25, 0.3) is 0 Å². The topological polar surface area (TPSA) is 27.0 Å². The first kappa shape index (κ1) is 11.5. The summed E-state index contributed by atoms with van der Waals surface area (Å²) in [7, 11) is 0. The molecule has 0 aromatic heterocycles. The van der Waals surface area contributed by atoms with Crippen LogP contribution >= 0.6 is 0 Å². The summed E-state index contributed by atoms with van der Waals surface area (Å²) in [5, 5.41) is 8.43. The van der Waals surface area contributed by atoms with Gasteiger partial charge in [0, 0.05) is 19.0 Å². The summed E-state index contributed by atoms with van der Waals surface area (Å²) in [4.78, 5) is 2.59. The Hall–Kier alpha value is -0.550. The smallest absolute Gasteiger partial charge is 0.0621 e. The summed E-state index contributed by atoms with van der Waals surface area (Å²) >= 11 is 0. The van der Waals surface area contributed by atoms with Crippen molar-refractivity contribution in [3.63, 3.8) is 0 Å². The van der Waals surface area contributed by atoms with Gasteiger partial charge in [-0.3, -0.25) is 0 Å². The molecule has 0 spiro atoms. The largest absolute Gasteiger partial charge is 0.300 e. The van der Waals surface area contributed by atoms with Crippen LogP contribution in [0.3, 0.4) is 0 Å². The van der Waals surface area contributed by atoms with Crippen LogP contribution < -0.4 is 0 Å². The van der Waals surface area contributed by atoms with Gasteiger partial charge in [0.05, 0.1) is 6.07 Å². The standard InChI is InChI=1S/C12H22N2/c1-11-6-7-12(2)14(10-11)9-5-3-4-8-13/h11-12H,3-7,9-10H2,1-2H3. The molecule has 0 bridgehead atoms. The molecule has 0 aliphatic carbocycles. The van der Waals surface area contributed by atoms with E-state index in [1.54, 1.807) is 0 Å². The van der Waals surface area contributed by atoms with Crippen molar-refractivity contribution < 1.29 is 0 Å². The fourth-order valence-electron chi connectivity index (χ4n) is 2.21.